The zero-order valence-electron chi connectivity index (χ0n) is 13.2. The third kappa shape index (κ3) is 3.71. The van der Waals surface area contributed by atoms with E-state index < -0.39 is 0 Å². The van der Waals surface area contributed by atoms with Crippen molar-refractivity contribution in [2.24, 2.45) is 0 Å². The Morgan fingerprint density at radius 2 is 1.82 bits per heavy atom. The number of nitrogens with one attached hydrogen (secondary N) is 1. The predicted octanol–water partition coefficient (Wildman–Crippen LogP) is 1.54. The molecule has 1 fully saturated rings. The van der Waals surface area contributed by atoms with Gasteiger partial charge in [-0.05, 0) is 31.7 Å². The van der Waals surface area contributed by atoms with E-state index in [4.69, 9.17) is 0 Å². The van der Waals surface area contributed by atoms with Gasteiger partial charge in [0.25, 0.3) is 0 Å². The molecule has 22 heavy (non-hydrogen) atoms. The minimum atomic E-state index is 0.737. The molecule has 2 aromatic rings. The van der Waals surface area contributed by atoms with Crippen LogP contribution in [0.5, 0.6) is 0 Å². The first-order valence-electron chi connectivity index (χ1n) is 7.63. The molecule has 1 saturated heterocycles. The highest BCUT2D eigenvalue weighted by Gasteiger charge is 2.17. The number of hydrogen-bond acceptors (Lipinski definition) is 6. The molecular formula is C16H22N6. The van der Waals surface area contributed by atoms with Crippen LogP contribution in [0.25, 0.3) is 0 Å². The smallest absolute Gasteiger partial charge is 0.227 e. The fourth-order valence-corrected chi connectivity index (χ4v) is 2.48. The zero-order valence-corrected chi connectivity index (χ0v) is 13.2. The number of anilines is 2. The molecule has 0 bridgehead atoms. The van der Waals surface area contributed by atoms with Crippen LogP contribution in [0.15, 0.2) is 30.6 Å². The maximum absolute atomic E-state index is 4.67. The number of aryl methyl sites for hydroxylation is 1. The van der Waals surface area contributed by atoms with E-state index in [0.717, 1.165) is 50.2 Å². The molecule has 2 aromatic heterocycles. The van der Waals surface area contributed by atoms with Crippen molar-refractivity contribution < 1.29 is 0 Å². The summed E-state index contributed by atoms with van der Waals surface area (Å²) in [6.07, 6.45) is 3.61. The minimum Gasteiger partial charge on any atom is -0.366 e. The van der Waals surface area contributed by atoms with Crippen molar-refractivity contribution in [1.29, 1.82) is 0 Å². The largest absolute Gasteiger partial charge is 0.366 e. The number of likely N-dealkylation sites (N-methyl/N-ethyl adjacent to an activating group) is 1. The molecule has 0 unspecified atom stereocenters. The Labute approximate surface area is 131 Å². The fourth-order valence-electron chi connectivity index (χ4n) is 2.48. The van der Waals surface area contributed by atoms with Gasteiger partial charge in [-0.25, -0.2) is 4.98 Å². The highest BCUT2D eigenvalue weighted by atomic mass is 15.3. The summed E-state index contributed by atoms with van der Waals surface area (Å²) in [5.74, 6) is 1.70. The molecule has 0 aromatic carbocycles. The van der Waals surface area contributed by atoms with Crippen LogP contribution in [0.1, 0.15) is 11.3 Å². The molecule has 0 aliphatic carbocycles. The minimum absolute atomic E-state index is 0.737. The fraction of sp³-hybridized carbons (Fsp3) is 0.438. The van der Waals surface area contributed by atoms with Crippen molar-refractivity contribution in [2.75, 3.05) is 43.4 Å². The van der Waals surface area contributed by atoms with Crippen LogP contribution in [0.4, 0.5) is 11.8 Å². The third-order valence-electron chi connectivity index (χ3n) is 3.85. The molecule has 116 valence electrons. The Morgan fingerprint density at radius 1 is 1.09 bits per heavy atom. The Bertz CT molecular complexity index is 607. The first-order chi connectivity index (χ1) is 10.7. The third-order valence-corrected chi connectivity index (χ3v) is 3.85. The number of hydrogen-bond donors (Lipinski definition) is 1. The van der Waals surface area contributed by atoms with Crippen LogP contribution in [-0.2, 0) is 6.54 Å². The van der Waals surface area contributed by atoms with Gasteiger partial charge in [0.2, 0.25) is 5.95 Å². The van der Waals surface area contributed by atoms with Crippen molar-refractivity contribution in [3.05, 3.63) is 41.9 Å². The molecule has 1 aliphatic heterocycles. The van der Waals surface area contributed by atoms with Gasteiger partial charge in [-0.15, -0.1) is 0 Å². The van der Waals surface area contributed by atoms with E-state index in [1.165, 1.54) is 5.56 Å². The van der Waals surface area contributed by atoms with Crippen LogP contribution in [0.3, 0.4) is 0 Å². The Morgan fingerprint density at radius 3 is 2.55 bits per heavy atom. The Kier molecular flexibility index (Phi) is 4.48. The van der Waals surface area contributed by atoms with E-state index in [2.05, 4.69) is 37.1 Å². The van der Waals surface area contributed by atoms with Crippen LogP contribution in [-0.4, -0.2) is 53.1 Å². The van der Waals surface area contributed by atoms with E-state index in [-0.39, 0.29) is 0 Å². The van der Waals surface area contributed by atoms with E-state index >= 15 is 0 Å². The second-order valence-electron chi connectivity index (χ2n) is 5.69. The van der Waals surface area contributed by atoms with Gasteiger partial charge in [-0.2, -0.15) is 4.98 Å². The molecule has 0 radical (unpaired) electrons. The lowest BCUT2D eigenvalue weighted by molar-refractivity contribution is 0.311. The number of aromatic nitrogens is 3. The summed E-state index contributed by atoms with van der Waals surface area (Å²) in [7, 11) is 2.15. The molecule has 0 atom stereocenters. The van der Waals surface area contributed by atoms with Gasteiger partial charge in [-0.1, -0.05) is 0 Å². The van der Waals surface area contributed by atoms with Gasteiger partial charge in [0.15, 0.2) is 0 Å². The summed E-state index contributed by atoms with van der Waals surface area (Å²) < 4.78 is 0. The van der Waals surface area contributed by atoms with Crippen molar-refractivity contribution >= 4 is 11.8 Å². The number of nitrogens with zero attached hydrogens (tertiary/aromatic N) is 5. The summed E-state index contributed by atoms with van der Waals surface area (Å²) >= 11 is 0. The van der Waals surface area contributed by atoms with Crippen LogP contribution < -0.4 is 10.2 Å². The Balaban J connectivity index is 1.70. The molecule has 0 amide bonds. The number of rotatable bonds is 4. The molecule has 1 N–H and O–H groups in total. The first kappa shape index (κ1) is 14.7. The van der Waals surface area contributed by atoms with Crippen molar-refractivity contribution in [2.45, 2.75) is 13.5 Å². The first-order valence-corrected chi connectivity index (χ1v) is 7.63. The molecular weight excluding hydrogens is 276 g/mol. The van der Waals surface area contributed by atoms with Gasteiger partial charge < -0.3 is 15.1 Å². The standard InChI is InChI=1S/C16H22N6/c1-13-11-15(18-12-14-3-5-17-6-4-14)20-16(19-13)22-9-7-21(2)8-10-22/h3-6,11H,7-10,12H2,1-2H3,(H,18,19,20). The monoisotopic (exact) mass is 298 g/mol. The summed E-state index contributed by atoms with van der Waals surface area (Å²) in [4.78, 5) is 17.9. The lowest BCUT2D eigenvalue weighted by atomic mass is 10.3. The topological polar surface area (TPSA) is 57.2 Å². The normalized spacial score (nSPS) is 15.8. The highest BCUT2D eigenvalue weighted by molar-refractivity contribution is 5.44. The van der Waals surface area contributed by atoms with E-state index in [0.29, 0.717) is 0 Å². The summed E-state index contributed by atoms with van der Waals surface area (Å²) in [5, 5.41) is 3.37. The molecule has 0 saturated carbocycles. The van der Waals surface area contributed by atoms with E-state index in [9.17, 15) is 0 Å². The van der Waals surface area contributed by atoms with Gasteiger partial charge in [0.1, 0.15) is 5.82 Å². The maximum Gasteiger partial charge on any atom is 0.227 e. The second-order valence-corrected chi connectivity index (χ2v) is 5.69. The van der Waals surface area contributed by atoms with Gasteiger partial charge in [0.05, 0.1) is 0 Å². The summed E-state index contributed by atoms with van der Waals surface area (Å²) in [5.41, 5.74) is 2.17. The molecule has 1 aliphatic rings. The average molecular weight is 298 g/mol. The average Bonchev–Trinajstić information content (AvgIpc) is 2.54. The number of piperazine rings is 1. The second kappa shape index (κ2) is 6.70. The van der Waals surface area contributed by atoms with Crippen molar-refractivity contribution in [3.8, 4) is 0 Å². The van der Waals surface area contributed by atoms with E-state index in [1.54, 1.807) is 12.4 Å². The summed E-state index contributed by atoms with van der Waals surface area (Å²) in [6.45, 7) is 6.81. The molecule has 6 heteroatoms. The lowest BCUT2D eigenvalue weighted by Crippen LogP contribution is -2.45. The predicted molar refractivity (Wildman–Crippen MR) is 88.0 cm³/mol. The highest BCUT2D eigenvalue weighted by Crippen LogP contribution is 2.16. The molecule has 3 rings (SSSR count). The molecule has 6 nitrogen and oxygen atoms in total. The SMILES string of the molecule is Cc1cc(NCc2ccncc2)nc(N2CCN(C)CC2)n1. The molecule has 0 spiro atoms. The van der Waals surface area contributed by atoms with Gasteiger partial charge >= 0.3 is 0 Å². The van der Waals surface area contributed by atoms with Crippen LogP contribution >= 0.6 is 0 Å². The number of pyridine rings is 1. The van der Waals surface area contributed by atoms with Gasteiger partial charge in [-0.3, -0.25) is 4.98 Å². The van der Waals surface area contributed by atoms with E-state index in [1.807, 2.05) is 25.1 Å². The summed E-state index contributed by atoms with van der Waals surface area (Å²) in [6, 6.07) is 5.99. The van der Waals surface area contributed by atoms with Gasteiger partial charge in [0, 0.05) is 56.9 Å². The lowest BCUT2D eigenvalue weighted by Gasteiger charge is -2.32. The van der Waals surface area contributed by atoms with Crippen LogP contribution in [0, 0.1) is 6.92 Å². The van der Waals surface area contributed by atoms with Crippen LogP contribution in [0.2, 0.25) is 0 Å². The molecule has 3 heterocycles. The quantitative estimate of drug-likeness (QED) is 0.924. The van der Waals surface area contributed by atoms with Crippen molar-refractivity contribution in [3.63, 3.8) is 0 Å². The van der Waals surface area contributed by atoms with Crippen molar-refractivity contribution in [1.82, 2.24) is 19.9 Å². The maximum atomic E-state index is 4.67. The Hall–Kier alpha value is -2.21. The zero-order chi connectivity index (χ0) is 15.4.